The third kappa shape index (κ3) is 7.40. The molecule has 29 heavy (non-hydrogen) atoms. The van der Waals surface area contributed by atoms with E-state index in [0.717, 1.165) is 0 Å². The van der Waals surface area contributed by atoms with E-state index in [4.69, 9.17) is 16.6 Å². The largest absolute Gasteiger partial charge is 0.480 e. The number of likely N-dealkylation sites (tertiary alicyclic amines) is 1. The molecule has 0 bridgehead atoms. The van der Waals surface area contributed by atoms with Gasteiger partial charge in [-0.1, -0.05) is 0 Å². The Labute approximate surface area is 179 Å². The number of carboxylic acid groups (broad SMARTS) is 1. The molecule has 4 amide bonds. The van der Waals surface area contributed by atoms with Crippen LogP contribution in [0, 0.1) is 0 Å². The van der Waals surface area contributed by atoms with Crippen molar-refractivity contribution < 1.29 is 29.1 Å². The van der Waals surface area contributed by atoms with Crippen molar-refractivity contribution in [3.63, 3.8) is 0 Å². The third-order valence-corrected chi connectivity index (χ3v) is 5.20. The van der Waals surface area contributed by atoms with Crippen LogP contribution in [0.25, 0.3) is 0 Å². The number of nitrogens with two attached hydrogens (primary N) is 2. The number of thiol groups is 2. The lowest BCUT2D eigenvalue weighted by Gasteiger charge is -2.29. The van der Waals surface area contributed by atoms with Gasteiger partial charge in [0, 0.05) is 24.5 Å². The summed E-state index contributed by atoms with van der Waals surface area (Å²) in [4.78, 5) is 60.7. The predicted octanol–water partition coefficient (Wildman–Crippen LogP) is -2.52. The smallest absolute Gasteiger partial charge is 0.327 e. The molecule has 1 fully saturated rings. The summed E-state index contributed by atoms with van der Waals surface area (Å²) in [5.41, 5.74) is 10.7. The quantitative estimate of drug-likeness (QED) is 0.170. The highest BCUT2D eigenvalue weighted by Crippen LogP contribution is 2.19. The lowest BCUT2D eigenvalue weighted by atomic mass is 10.1. The summed E-state index contributed by atoms with van der Waals surface area (Å²) < 4.78 is 0. The second-order valence-electron chi connectivity index (χ2n) is 6.63. The Kier molecular flexibility index (Phi) is 10.3. The second kappa shape index (κ2) is 11.9. The van der Waals surface area contributed by atoms with Crippen LogP contribution < -0.4 is 22.1 Å². The molecule has 164 valence electrons. The molecule has 0 aliphatic carbocycles. The minimum absolute atomic E-state index is 0.0314. The van der Waals surface area contributed by atoms with E-state index in [2.05, 4.69) is 35.9 Å². The van der Waals surface area contributed by atoms with Gasteiger partial charge in [0.1, 0.15) is 18.1 Å². The Bertz CT molecular complexity index is 649. The fraction of sp³-hybridized carbons (Fsp3) is 0.688. The zero-order valence-corrected chi connectivity index (χ0v) is 17.5. The number of carbonyl (C=O) groups excluding carboxylic acids is 4. The summed E-state index contributed by atoms with van der Waals surface area (Å²) in [6, 6.07) is -4.08. The molecule has 4 atom stereocenters. The number of carbonyl (C=O) groups is 5. The first-order chi connectivity index (χ1) is 13.6. The van der Waals surface area contributed by atoms with Gasteiger partial charge in [0.05, 0.1) is 6.04 Å². The summed E-state index contributed by atoms with van der Waals surface area (Å²) >= 11 is 7.98. The van der Waals surface area contributed by atoms with Crippen molar-refractivity contribution in [3.8, 4) is 0 Å². The van der Waals surface area contributed by atoms with Gasteiger partial charge in [0.2, 0.25) is 23.6 Å². The van der Waals surface area contributed by atoms with E-state index in [0.29, 0.717) is 12.8 Å². The highest BCUT2D eigenvalue weighted by atomic mass is 32.1. The van der Waals surface area contributed by atoms with Crippen molar-refractivity contribution in [2.45, 2.75) is 49.9 Å². The average molecular weight is 450 g/mol. The van der Waals surface area contributed by atoms with Gasteiger partial charge in [-0.25, -0.2) is 4.79 Å². The molecule has 1 heterocycles. The lowest BCUT2D eigenvalue weighted by Crippen LogP contribution is -2.57. The zero-order valence-electron chi connectivity index (χ0n) is 15.7. The minimum Gasteiger partial charge on any atom is -0.480 e. The first kappa shape index (κ1) is 25.0. The maximum Gasteiger partial charge on any atom is 0.327 e. The maximum absolute atomic E-state index is 12.8. The predicted molar refractivity (Wildman–Crippen MR) is 110 cm³/mol. The lowest BCUT2D eigenvalue weighted by molar-refractivity contribution is -0.144. The molecule has 0 radical (unpaired) electrons. The van der Waals surface area contributed by atoms with Gasteiger partial charge < -0.3 is 32.1 Å². The molecule has 0 saturated carbocycles. The molecular weight excluding hydrogens is 422 g/mol. The zero-order chi connectivity index (χ0) is 22.1. The second-order valence-corrected chi connectivity index (χ2v) is 7.36. The van der Waals surface area contributed by atoms with Gasteiger partial charge in [-0.15, -0.1) is 0 Å². The Balaban J connectivity index is 2.76. The van der Waals surface area contributed by atoms with Crippen LogP contribution in [0.15, 0.2) is 0 Å². The molecule has 0 aromatic carbocycles. The highest BCUT2D eigenvalue weighted by molar-refractivity contribution is 7.80. The topological polar surface area (TPSA) is 185 Å². The first-order valence-electron chi connectivity index (χ1n) is 9.02. The van der Waals surface area contributed by atoms with E-state index in [1.807, 2.05) is 0 Å². The van der Waals surface area contributed by atoms with E-state index in [9.17, 15) is 24.0 Å². The molecular formula is C16H27N5O6S2. The monoisotopic (exact) mass is 449 g/mol. The molecule has 1 aliphatic heterocycles. The van der Waals surface area contributed by atoms with Crippen LogP contribution in [-0.4, -0.2) is 81.8 Å². The molecule has 11 nitrogen and oxygen atoms in total. The van der Waals surface area contributed by atoms with Crippen LogP contribution in [-0.2, 0) is 24.0 Å². The van der Waals surface area contributed by atoms with E-state index in [-0.39, 0.29) is 30.9 Å². The molecule has 7 N–H and O–H groups in total. The van der Waals surface area contributed by atoms with Crippen LogP contribution in [0.4, 0.5) is 0 Å². The summed E-state index contributed by atoms with van der Waals surface area (Å²) in [6.45, 7) is 0.281. The summed E-state index contributed by atoms with van der Waals surface area (Å²) in [6.07, 6.45) is 0.873. The number of nitrogens with one attached hydrogen (secondary N) is 2. The molecule has 4 unspecified atom stereocenters. The van der Waals surface area contributed by atoms with Crippen molar-refractivity contribution in [2.75, 3.05) is 18.1 Å². The summed E-state index contributed by atoms with van der Waals surface area (Å²) in [5, 5.41) is 13.9. The first-order valence-corrected chi connectivity index (χ1v) is 10.3. The molecule has 1 rings (SSSR count). The van der Waals surface area contributed by atoms with E-state index in [1.54, 1.807) is 0 Å². The average Bonchev–Trinajstić information content (AvgIpc) is 3.16. The summed E-state index contributed by atoms with van der Waals surface area (Å²) in [5.74, 6) is -3.71. The van der Waals surface area contributed by atoms with E-state index >= 15 is 0 Å². The van der Waals surface area contributed by atoms with Gasteiger partial charge in [0.15, 0.2) is 0 Å². The van der Waals surface area contributed by atoms with Crippen LogP contribution in [0.5, 0.6) is 0 Å². The van der Waals surface area contributed by atoms with Crippen molar-refractivity contribution in [2.24, 2.45) is 11.5 Å². The minimum atomic E-state index is -1.23. The number of amides is 4. The van der Waals surface area contributed by atoms with Crippen molar-refractivity contribution >= 4 is 54.9 Å². The fourth-order valence-corrected chi connectivity index (χ4v) is 3.34. The van der Waals surface area contributed by atoms with Crippen molar-refractivity contribution in [1.82, 2.24) is 15.5 Å². The number of nitrogens with zero attached hydrogens (tertiary/aromatic N) is 1. The number of rotatable bonds is 11. The number of aliphatic carboxylic acids is 1. The third-order valence-electron chi connectivity index (χ3n) is 4.47. The van der Waals surface area contributed by atoms with E-state index < -0.39 is 53.8 Å². The van der Waals surface area contributed by atoms with Crippen LogP contribution in [0.3, 0.4) is 0 Å². The van der Waals surface area contributed by atoms with Gasteiger partial charge in [0.25, 0.3) is 0 Å². The van der Waals surface area contributed by atoms with E-state index in [1.165, 1.54) is 4.90 Å². The van der Waals surface area contributed by atoms with Crippen molar-refractivity contribution in [3.05, 3.63) is 0 Å². The highest BCUT2D eigenvalue weighted by Gasteiger charge is 2.38. The van der Waals surface area contributed by atoms with Gasteiger partial charge in [-0.2, -0.15) is 25.3 Å². The standard InChI is InChI=1S/C16H27N5O6S2/c17-8(3-4-12(18)22)13(23)19-9(6-28)15(25)21-5-1-2-11(21)14(24)20-10(7-29)16(26)27/h8-11,28-29H,1-7,17H2,(H2,18,22)(H,19,23)(H,20,24)(H,26,27). The fourth-order valence-electron chi connectivity index (χ4n) is 2.85. The van der Waals surface area contributed by atoms with Crippen molar-refractivity contribution in [1.29, 1.82) is 0 Å². The molecule has 1 saturated heterocycles. The Hall–Kier alpha value is -1.99. The SMILES string of the molecule is NC(=O)CCC(N)C(=O)NC(CS)C(=O)N1CCCC1C(=O)NC(CS)C(=O)O. The normalized spacial score (nSPS) is 19.1. The Morgan fingerprint density at radius 1 is 1.10 bits per heavy atom. The molecule has 0 aromatic rings. The van der Waals surface area contributed by atoms with Gasteiger partial charge in [-0.05, 0) is 19.3 Å². The van der Waals surface area contributed by atoms with Gasteiger partial charge >= 0.3 is 5.97 Å². The number of hydrogen-bond donors (Lipinski definition) is 7. The number of primary amides is 1. The Morgan fingerprint density at radius 3 is 2.24 bits per heavy atom. The molecule has 0 aromatic heterocycles. The number of hydrogen-bond acceptors (Lipinski definition) is 8. The molecule has 1 aliphatic rings. The van der Waals surface area contributed by atoms with Crippen LogP contribution in [0.2, 0.25) is 0 Å². The van der Waals surface area contributed by atoms with Gasteiger partial charge in [-0.3, -0.25) is 19.2 Å². The Morgan fingerprint density at radius 2 is 1.72 bits per heavy atom. The number of carboxylic acids is 1. The molecule has 13 heteroatoms. The maximum atomic E-state index is 12.8. The molecule has 0 spiro atoms. The van der Waals surface area contributed by atoms with Crippen LogP contribution in [0.1, 0.15) is 25.7 Å². The van der Waals surface area contributed by atoms with Crippen LogP contribution >= 0.6 is 25.3 Å². The summed E-state index contributed by atoms with van der Waals surface area (Å²) in [7, 11) is 0.